The third-order valence-corrected chi connectivity index (χ3v) is 4.65. The molecular weight excluding hydrogens is 210 g/mol. The van der Waals surface area contributed by atoms with Crippen LogP contribution in [-0.4, -0.2) is 5.91 Å². The van der Waals surface area contributed by atoms with Crippen LogP contribution in [0, 0.1) is 5.41 Å². The summed E-state index contributed by atoms with van der Waals surface area (Å²) in [6.07, 6.45) is 7.18. The third-order valence-electron chi connectivity index (χ3n) is 4.65. The van der Waals surface area contributed by atoms with E-state index in [9.17, 15) is 4.79 Å². The van der Waals surface area contributed by atoms with Gasteiger partial charge in [-0.05, 0) is 35.8 Å². The van der Waals surface area contributed by atoms with E-state index in [1.165, 1.54) is 30.4 Å². The minimum atomic E-state index is -0.128. The molecule has 2 nitrogen and oxygen atoms in total. The molecule has 1 atom stereocenters. The van der Waals surface area contributed by atoms with Crippen molar-refractivity contribution in [2.24, 2.45) is 11.1 Å². The fraction of sp³-hybridized carbons (Fsp3) is 0.533. The molecule has 1 spiro atoms. The van der Waals surface area contributed by atoms with Crippen molar-refractivity contribution in [1.82, 2.24) is 0 Å². The number of rotatable bonds is 1. The van der Waals surface area contributed by atoms with Crippen LogP contribution in [0.3, 0.4) is 0 Å². The van der Waals surface area contributed by atoms with Gasteiger partial charge in [-0.1, -0.05) is 43.5 Å². The van der Waals surface area contributed by atoms with Crippen LogP contribution in [0.25, 0.3) is 0 Å². The van der Waals surface area contributed by atoms with Crippen LogP contribution in [0.15, 0.2) is 24.3 Å². The number of primary amides is 1. The Labute approximate surface area is 102 Å². The summed E-state index contributed by atoms with van der Waals surface area (Å²) in [6, 6.07) is 8.35. The van der Waals surface area contributed by atoms with Gasteiger partial charge >= 0.3 is 0 Å². The molecule has 3 rings (SSSR count). The highest BCUT2D eigenvalue weighted by Gasteiger charge is 2.48. The average molecular weight is 229 g/mol. The Balaban J connectivity index is 2.06. The lowest BCUT2D eigenvalue weighted by molar-refractivity contribution is -0.122. The maximum atomic E-state index is 11.9. The van der Waals surface area contributed by atoms with Crippen LogP contribution >= 0.6 is 0 Å². The fourth-order valence-electron chi connectivity index (χ4n) is 3.96. The molecule has 0 radical (unpaired) electrons. The molecule has 1 aromatic carbocycles. The van der Waals surface area contributed by atoms with Crippen molar-refractivity contribution in [1.29, 1.82) is 0 Å². The first kappa shape index (κ1) is 10.8. The van der Waals surface area contributed by atoms with E-state index in [0.29, 0.717) is 0 Å². The molecule has 17 heavy (non-hydrogen) atoms. The second kappa shape index (κ2) is 3.86. The fourth-order valence-corrected chi connectivity index (χ4v) is 3.96. The van der Waals surface area contributed by atoms with E-state index >= 15 is 0 Å². The van der Waals surface area contributed by atoms with Crippen molar-refractivity contribution in [2.45, 2.75) is 44.4 Å². The van der Waals surface area contributed by atoms with Crippen LogP contribution in [0.1, 0.15) is 49.1 Å². The second-order valence-electron chi connectivity index (χ2n) is 5.63. The number of benzene rings is 1. The Kier molecular flexibility index (Phi) is 2.46. The molecule has 0 heterocycles. The number of hydrogen-bond acceptors (Lipinski definition) is 1. The number of amides is 1. The van der Waals surface area contributed by atoms with E-state index in [1.807, 2.05) is 6.07 Å². The lowest BCUT2D eigenvalue weighted by Crippen LogP contribution is -2.36. The zero-order valence-corrected chi connectivity index (χ0v) is 10.1. The summed E-state index contributed by atoms with van der Waals surface area (Å²) in [7, 11) is 0. The average Bonchev–Trinajstić information content (AvgIpc) is 2.63. The predicted molar refractivity (Wildman–Crippen MR) is 67.6 cm³/mol. The van der Waals surface area contributed by atoms with Gasteiger partial charge in [-0.3, -0.25) is 4.79 Å². The molecule has 1 aromatic rings. The maximum Gasteiger partial charge on any atom is 0.225 e. The number of fused-ring (bicyclic) bond motifs is 1. The van der Waals surface area contributed by atoms with E-state index in [-0.39, 0.29) is 17.2 Å². The van der Waals surface area contributed by atoms with Crippen molar-refractivity contribution in [3.63, 3.8) is 0 Å². The van der Waals surface area contributed by atoms with Gasteiger partial charge in [0.25, 0.3) is 0 Å². The predicted octanol–water partition coefficient (Wildman–Crippen LogP) is 2.76. The van der Waals surface area contributed by atoms with E-state index in [4.69, 9.17) is 5.73 Å². The SMILES string of the molecule is NC(=O)C1c2ccccc2CC12CCCCC2. The minimum Gasteiger partial charge on any atom is -0.369 e. The molecule has 1 unspecified atom stereocenters. The highest BCUT2D eigenvalue weighted by atomic mass is 16.1. The first-order valence-corrected chi connectivity index (χ1v) is 6.60. The molecule has 1 fully saturated rings. The molecule has 0 aromatic heterocycles. The first-order chi connectivity index (χ1) is 8.23. The molecule has 0 saturated heterocycles. The summed E-state index contributed by atoms with van der Waals surface area (Å²) >= 11 is 0. The highest BCUT2D eigenvalue weighted by Crippen LogP contribution is 2.54. The Bertz CT molecular complexity index is 446. The van der Waals surface area contributed by atoms with Crippen LogP contribution in [0.2, 0.25) is 0 Å². The maximum absolute atomic E-state index is 11.9. The lowest BCUT2D eigenvalue weighted by atomic mass is 9.66. The van der Waals surface area contributed by atoms with Crippen molar-refractivity contribution < 1.29 is 4.79 Å². The van der Waals surface area contributed by atoms with Crippen LogP contribution in [0.5, 0.6) is 0 Å². The molecule has 2 N–H and O–H groups in total. The Morgan fingerprint density at radius 1 is 1.18 bits per heavy atom. The smallest absolute Gasteiger partial charge is 0.225 e. The van der Waals surface area contributed by atoms with Gasteiger partial charge in [0.2, 0.25) is 5.91 Å². The Morgan fingerprint density at radius 2 is 1.88 bits per heavy atom. The molecular formula is C15H19NO. The second-order valence-corrected chi connectivity index (χ2v) is 5.63. The quantitative estimate of drug-likeness (QED) is 0.790. The molecule has 2 heteroatoms. The number of hydrogen-bond donors (Lipinski definition) is 1. The molecule has 0 bridgehead atoms. The summed E-state index contributed by atoms with van der Waals surface area (Å²) in [5.41, 5.74) is 8.37. The summed E-state index contributed by atoms with van der Waals surface area (Å²) in [5.74, 6) is -0.171. The molecule has 2 aliphatic carbocycles. The summed E-state index contributed by atoms with van der Waals surface area (Å²) in [4.78, 5) is 11.9. The Hall–Kier alpha value is -1.31. The monoisotopic (exact) mass is 229 g/mol. The summed E-state index contributed by atoms with van der Waals surface area (Å²) in [6.45, 7) is 0. The zero-order valence-electron chi connectivity index (χ0n) is 10.1. The van der Waals surface area contributed by atoms with Gasteiger partial charge in [-0.25, -0.2) is 0 Å². The topological polar surface area (TPSA) is 43.1 Å². The van der Waals surface area contributed by atoms with E-state index in [1.54, 1.807) is 0 Å². The normalized spacial score (nSPS) is 25.8. The van der Waals surface area contributed by atoms with Gasteiger partial charge in [0.05, 0.1) is 5.92 Å². The molecule has 2 aliphatic rings. The van der Waals surface area contributed by atoms with Crippen molar-refractivity contribution >= 4 is 5.91 Å². The van der Waals surface area contributed by atoms with Crippen LogP contribution in [-0.2, 0) is 11.2 Å². The largest absolute Gasteiger partial charge is 0.369 e. The summed E-state index contributed by atoms with van der Waals surface area (Å²) < 4.78 is 0. The van der Waals surface area contributed by atoms with Gasteiger partial charge in [-0.15, -0.1) is 0 Å². The van der Waals surface area contributed by atoms with Crippen molar-refractivity contribution in [3.8, 4) is 0 Å². The molecule has 1 amide bonds. The number of carbonyl (C=O) groups is 1. The summed E-state index contributed by atoms with van der Waals surface area (Å²) in [5, 5.41) is 0. The van der Waals surface area contributed by atoms with E-state index in [2.05, 4.69) is 18.2 Å². The number of nitrogens with two attached hydrogens (primary N) is 1. The van der Waals surface area contributed by atoms with Gasteiger partial charge in [-0.2, -0.15) is 0 Å². The van der Waals surface area contributed by atoms with Gasteiger partial charge < -0.3 is 5.73 Å². The lowest BCUT2D eigenvalue weighted by Gasteiger charge is -2.37. The first-order valence-electron chi connectivity index (χ1n) is 6.60. The molecule has 0 aliphatic heterocycles. The number of carbonyl (C=O) groups excluding carboxylic acids is 1. The standard InChI is InChI=1S/C15H19NO/c16-14(17)13-12-7-3-2-6-11(12)10-15(13)8-4-1-5-9-15/h2-3,6-7,13H,1,4-5,8-10H2,(H2,16,17). The van der Waals surface area contributed by atoms with Crippen molar-refractivity contribution in [2.75, 3.05) is 0 Å². The third kappa shape index (κ3) is 1.58. The van der Waals surface area contributed by atoms with Crippen molar-refractivity contribution in [3.05, 3.63) is 35.4 Å². The highest BCUT2D eigenvalue weighted by molar-refractivity contribution is 5.84. The van der Waals surface area contributed by atoms with Gasteiger partial charge in [0, 0.05) is 0 Å². The minimum absolute atomic E-state index is 0.0426. The van der Waals surface area contributed by atoms with E-state index < -0.39 is 0 Å². The molecule has 1 saturated carbocycles. The van der Waals surface area contributed by atoms with Crippen LogP contribution < -0.4 is 5.73 Å². The Morgan fingerprint density at radius 3 is 2.59 bits per heavy atom. The van der Waals surface area contributed by atoms with Crippen LogP contribution in [0.4, 0.5) is 0 Å². The molecule has 90 valence electrons. The van der Waals surface area contributed by atoms with Gasteiger partial charge in [0.15, 0.2) is 0 Å². The van der Waals surface area contributed by atoms with E-state index in [0.717, 1.165) is 19.3 Å². The zero-order chi connectivity index (χ0) is 11.9. The van der Waals surface area contributed by atoms with Gasteiger partial charge in [0.1, 0.15) is 0 Å².